The van der Waals surface area contributed by atoms with E-state index in [4.69, 9.17) is 9.47 Å². The number of hydrogen-bond donors (Lipinski definition) is 2. The summed E-state index contributed by atoms with van der Waals surface area (Å²) < 4.78 is 10.5. The van der Waals surface area contributed by atoms with Gasteiger partial charge < -0.3 is 19.7 Å². The van der Waals surface area contributed by atoms with Crippen LogP contribution in [0.2, 0.25) is 0 Å². The zero-order chi connectivity index (χ0) is 20.2. The third-order valence-electron chi connectivity index (χ3n) is 3.68. The Morgan fingerprint density at radius 3 is 2.30 bits per heavy atom. The number of rotatable bonds is 4. The molecule has 0 aliphatic carbocycles. The minimum atomic E-state index is -0.572. The van der Waals surface area contributed by atoms with Crippen molar-refractivity contribution in [1.82, 2.24) is 10.3 Å². The second kappa shape index (κ2) is 8.02. The highest BCUT2D eigenvalue weighted by Gasteiger charge is 2.30. The molecule has 2 rings (SSSR count). The van der Waals surface area contributed by atoms with Gasteiger partial charge >= 0.3 is 12.2 Å². The van der Waals surface area contributed by atoms with Crippen molar-refractivity contribution in [3.8, 4) is 0 Å². The van der Waals surface area contributed by atoms with E-state index < -0.39 is 23.4 Å². The maximum Gasteiger partial charge on any atom is 0.413 e. The number of aromatic nitrogens is 1. The third kappa shape index (κ3) is 6.96. The van der Waals surface area contributed by atoms with Gasteiger partial charge in [-0.05, 0) is 60.1 Å². The smallest absolute Gasteiger partial charge is 0.413 e. The molecule has 1 unspecified atom stereocenters. The summed E-state index contributed by atoms with van der Waals surface area (Å²) in [5.41, 5.74) is -1.09. The zero-order valence-electron chi connectivity index (χ0n) is 17.0. The standard InChI is InChI=1S/C19H30N4O4/c1-18(2,3)26-16(24)20-12-13-10-11-23(13)15-9-7-8-14(21-15)22-17(25)27-19(4,5)6/h7-9,13H,10-12H2,1-6H3,(H,20,24)(H,21,22,25). The molecule has 150 valence electrons. The Balaban J connectivity index is 1.90. The lowest BCUT2D eigenvalue weighted by atomic mass is 10.0. The lowest BCUT2D eigenvalue weighted by molar-refractivity contribution is 0.0519. The van der Waals surface area contributed by atoms with Gasteiger partial charge in [-0.2, -0.15) is 0 Å². The number of anilines is 2. The number of pyridine rings is 1. The van der Waals surface area contributed by atoms with Gasteiger partial charge in [0.25, 0.3) is 0 Å². The van der Waals surface area contributed by atoms with E-state index in [2.05, 4.69) is 20.5 Å². The molecule has 0 bridgehead atoms. The molecule has 2 heterocycles. The predicted molar refractivity (Wildman–Crippen MR) is 104 cm³/mol. The number of alkyl carbamates (subject to hydrolysis) is 1. The molecule has 8 heteroatoms. The van der Waals surface area contributed by atoms with E-state index in [1.54, 1.807) is 26.8 Å². The summed E-state index contributed by atoms with van der Waals surface area (Å²) >= 11 is 0. The number of ether oxygens (including phenoxy) is 2. The quantitative estimate of drug-likeness (QED) is 0.833. The third-order valence-corrected chi connectivity index (χ3v) is 3.68. The van der Waals surface area contributed by atoms with Crippen LogP contribution in [0.25, 0.3) is 0 Å². The predicted octanol–water partition coefficient (Wildman–Crippen LogP) is 3.53. The Bertz CT molecular complexity index is 679. The molecule has 0 saturated carbocycles. The summed E-state index contributed by atoms with van der Waals surface area (Å²) in [7, 11) is 0. The summed E-state index contributed by atoms with van der Waals surface area (Å²) in [6.07, 6.45) is -0.0251. The van der Waals surface area contributed by atoms with Gasteiger partial charge in [0.2, 0.25) is 0 Å². The van der Waals surface area contributed by atoms with Gasteiger partial charge in [-0.25, -0.2) is 14.6 Å². The maximum atomic E-state index is 11.9. The summed E-state index contributed by atoms with van der Waals surface area (Å²) in [5, 5.41) is 5.44. The van der Waals surface area contributed by atoms with Crippen LogP contribution in [0.1, 0.15) is 48.0 Å². The fourth-order valence-corrected chi connectivity index (χ4v) is 2.53. The molecule has 1 aliphatic heterocycles. The number of hydrogen-bond acceptors (Lipinski definition) is 6. The molecule has 8 nitrogen and oxygen atoms in total. The molecule has 0 spiro atoms. The van der Waals surface area contributed by atoms with Crippen LogP contribution < -0.4 is 15.5 Å². The van der Waals surface area contributed by atoms with Gasteiger partial charge in [0.05, 0.1) is 0 Å². The first-order chi connectivity index (χ1) is 12.4. The number of nitrogens with zero attached hydrogens (tertiary/aromatic N) is 2. The van der Waals surface area contributed by atoms with E-state index in [0.717, 1.165) is 18.8 Å². The van der Waals surface area contributed by atoms with E-state index in [1.807, 2.05) is 32.9 Å². The van der Waals surface area contributed by atoms with Crippen LogP contribution in [0.5, 0.6) is 0 Å². The molecule has 0 radical (unpaired) electrons. The number of nitrogens with one attached hydrogen (secondary N) is 2. The normalized spacial score (nSPS) is 17.0. The summed E-state index contributed by atoms with van der Waals surface area (Å²) in [6, 6.07) is 5.55. The fourth-order valence-electron chi connectivity index (χ4n) is 2.53. The van der Waals surface area contributed by atoms with E-state index in [-0.39, 0.29) is 6.04 Å². The van der Waals surface area contributed by atoms with Gasteiger partial charge in [0.15, 0.2) is 0 Å². The summed E-state index contributed by atoms with van der Waals surface area (Å²) in [5.74, 6) is 1.17. The average molecular weight is 378 g/mol. The van der Waals surface area contributed by atoms with E-state index in [1.165, 1.54) is 0 Å². The SMILES string of the molecule is CC(C)(C)OC(=O)NCC1CCN1c1cccc(NC(=O)OC(C)(C)C)n1. The molecule has 1 aliphatic rings. The van der Waals surface area contributed by atoms with Crippen LogP contribution >= 0.6 is 0 Å². The van der Waals surface area contributed by atoms with Crippen LogP contribution in [-0.2, 0) is 9.47 Å². The van der Waals surface area contributed by atoms with Gasteiger partial charge in [-0.1, -0.05) is 6.07 Å². The minimum absolute atomic E-state index is 0.141. The van der Waals surface area contributed by atoms with Crippen molar-refractivity contribution in [2.45, 2.75) is 65.2 Å². The molecule has 1 saturated heterocycles. The number of carbonyl (C=O) groups excluding carboxylic acids is 2. The Hall–Kier alpha value is -2.51. The molecule has 1 atom stereocenters. The van der Waals surface area contributed by atoms with Crippen molar-refractivity contribution in [1.29, 1.82) is 0 Å². The minimum Gasteiger partial charge on any atom is -0.444 e. The highest BCUT2D eigenvalue weighted by atomic mass is 16.6. The molecule has 1 aromatic rings. The molecule has 27 heavy (non-hydrogen) atoms. The van der Waals surface area contributed by atoms with Crippen molar-refractivity contribution in [3.05, 3.63) is 18.2 Å². The average Bonchev–Trinajstić information content (AvgIpc) is 2.42. The molecular weight excluding hydrogens is 348 g/mol. The highest BCUT2D eigenvalue weighted by Crippen LogP contribution is 2.25. The number of amides is 2. The van der Waals surface area contributed by atoms with Crippen molar-refractivity contribution in [3.63, 3.8) is 0 Å². The first kappa shape index (κ1) is 20.8. The van der Waals surface area contributed by atoms with Gasteiger partial charge in [0.1, 0.15) is 22.8 Å². The molecule has 2 amide bonds. The van der Waals surface area contributed by atoms with Crippen molar-refractivity contribution in [2.75, 3.05) is 23.3 Å². The Morgan fingerprint density at radius 2 is 1.74 bits per heavy atom. The molecule has 1 aromatic heterocycles. The highest BCUT2D eigenvalue weighted by molar-refractivity contribution is 5.83. The largest absolute Gasteiger partial charge is 0.444 e. The lowest BCUT2D eigenvalue weighted by Crippen LogP contribution is -2.54. The van der Waals surface area contributed by atoms with Crippen molar-refractivity contribution < 1.29 is 19.1 Å². The first-order valence-corrected chi connectivity index (χ1v) is 9.13. The van der Waals surface area contributed by atoms with Gasteiger partial charge in [-0.3, -0.25) is 5.32 Å². The fraction of sp³-hybridized carbons (Fsp3) is 0.632. The molecule has 2 N–H and O–H groups in total. The Morgan fingerprint density at radius 1 is 1.11 bits per heavy atom. The Labute approximate surface area is 160 Å². The van der Waals surface area contributed by atoms with Crippen LogP contribution in [0, 0.1) is 0 Å². The van der Waals surface area contributed by atoms with Gasteiger partial charge in [-0.15, -0.1) is 0 Å². The van der Waals surface area contributed by atoms with Crippen molar-refractivity contribution in [2.24, 2.45) is 0 Å². The second-order valence-corrected chi connectivity index (χ2v) is 8.53. The topological polar surface area (TPSA) is 92.8 Å². The van der Waals surface area contributed by atoms with E-state index >= 15 is 0 Å². The monoisotopic (exact) mass is 378 g/mol. The zero-order valence-corrected chi connectivity index (χ0v) is 17.0. The molecular formula is C19H30N4O4. The Kier molecular flexibility index (Phi) is 6.18. The first-order valence-electron chi connectivity index (χ1n) is 9.13. The van der Waals surface area contributed by atoms with E-state index in [0.29, 0.717) is 12.4 Å². The lowest BCUT2D eigenvalue weighted by Gasteiger charge is -2.42. The van der Waals surface area contributed by atoms with Crippen LogP contribution in [0.3, 0.4) is 0 Å². The van der Waals surface area contributed by atoms with Crippen molar-refractivity contribution >= 4 is 23.8 Å². The van der Waals surface area contributed by atoms with Crippen LogP contribution in [-0.4, -0.2) is 47.5 Å². The maximum absolute atomic E-state index is 11.9. The molecule has 0 aromatic carbocycles. The van der Waals surface area contributed by atoms with Crippen LogP contribution in [0.4, 0.5) is 21.2 Å². The van der Waals surface area contributed by atoms with E-state index in [9.17, 15) is 9.59 Å². The summed E-state index contributed by atoms with van der Waals surface area (Å²) in [4.78, 5) is 30.3. The molecule has 1 fully saturated rings. The van der Waals surface area contributed by atoms with Gasteiger partial charge in [0, 0.05) is 19.1 Å². The number of carbonyl (C=O) groups is 2. The summed E-state index contributed by atoms with van der Waals surface area (Å²) in [6.45, 7) is 12.2. The van der Waals surface area contributed by atoms with Crippen LogP contribution in [0.15, 0.2) is 18.2 Å². The second-order valence-electron chi connectivity index (χ2n) is 8.53.